The first-order chi connectivity index (χ1) is 9.02. The normalized spacial score (nSPS) is 10.3. The number of carbonyl (C=O) groups is 1. The predicted octanol–water partition coefficient (Wildman–Crippen LogP) is 4.14. The Labute approximate surface area is 119 Å². The van der Waals surface area contributed by atoms with Crippen molar-refractivity contribution < 1.29 is 13.9 Å². The Hall–Kier alpha value is -1.68. The number of rotatable bonds is 3. The van der Waals surface area contributed by atoms with Crippen LogP contribution in [0.4, 0.5) is 4.39 Å². The van der Waals surface area contributed by atoms with E-state index in [1.807, 2.05) is 6.92 Å². The van der Waals surface area contributed by atoms with E-state index in [0.717, 1.165) is 5.56 Å². The molecular formula is C15H12BrFO2. The van der Waals surface area contributed by atoms with Gasteiger partial charge in [0.25, 0.3) is 0 Å². The van der Waals surface area contributed by atoms with E-state index < -0.39 is 5.82 Å². The number of aryl methyl sites for hydroxylation is 1. The molecule has 0 fully saturated rings. The van der Waals surface area contributed by atoms with Crippen LogP contribution >= 0.6 is 15.9 Å². The molecule has 0 spiro atoms. The van der Waals surface area contributed by atoms with Gasteiger partial charge in [-0.1, -0.05) is 0 Å². The molecular weight excluding hydrogens is 311 g/mol. The summed E-state index contributed by atoms with van der Waals surface area (Å²) in [5, 5.41) is 0. The van der Waals surface area contributed by atoms with E-state index in [2.05, 4.69) is 15.9 Å². The first kappa shape index (κ1) is 13.7. The van der Waals surface area contributed by atoms with Crippen LogP contribution in [0.5, 0.6) is 5.75 Å². The topological polar surface area (TPSA) is 26.3 Å². The van der Waals surface area contributed by atoms with Crippen LogP contribution < -0.4 is 4.74 Å². The number of methoxy groups -OCH3 is 1. The summed E-state index contributed by atoms with van der Waals surface area (Å²) in [7, 11) is 1.57. The van der Waals surface area contributed by atoms with Crippen molar-refractivity contribution in [3.8, 4) is 5.75 Å². The monoisotopic (exact) mass is 322 g/mol. The molecule has 0 saturated carbocycles. The highest BCUT2D eigenvalue weighted by molar-refractivity contribution is 9.10. The van der Waals surface area contributed by atoms with E-state index in [1.165, 1.54) is 12.1 Å². The van der Waals surface area contributed by atoms with E-state index in [-0.39, 0.29) is 5.78 Å². The zero-order chi connectivity index (χ0) is 14.0. The zero-order valence-electron chi connectivity index (χ0n) is 10.5. The first-order valence-corrected chi connectivity index (χ1v) is 6.46. The summed E-state index contributed by atoms with van der Waals surface area (Å²) in [6.45, 7) is 1.82. The third-order valence-corrected chi connectivity index (χ3v) is 3.50. The molecule has 0 amide bonds. The fraction of sp³-hybridized carbons (Fsp3) is 0.133. The van der Waals surface area contributed by atoms with Crippen LogP contribution in [0.2, 0.25) is 0 Å². The highest BCUT2D eigenvalue weighted by atomic mass is 79.9. The largest absolute Gasteiger partial charge is 0.497 e. The SMILES string of the molecule is COc1ccc(C(=O)c2ccc(Br)c(F)c2)c(C)c1. The van der Waals surface area contributed by atoms with E-state index in [9.17, 15) is 9.18 Å². The second kappa shape index (κ2) is 5.53. The second-order valence-electron chi connectivity index (χ2n) is 4.14. The molecule has 0 radical (unpaired) electrons. The number of hydrogen-bond acceptors (Lipinski definition) is 2. The molecule has 0 unspecified atom stereocenters. The van der Waals surface area contributed by atoms with Crippen molar-refractivity contribution >= 4 is 21.7 Å². The maximum Gasteiger partial charge on any atom is 0.193 e. The van der Waals surface area contributed by atoms with Crippen LogP contribution in [0.3, 0.4) is 0 Å². The molecule has 2 aromatic carbocycles. The molecule has 0 heterocycles. The highest BCUT2D eigenvalue weighted by Crippen LogP contribution is 2.22. The van der Waals surface area contributed by atoms with Crippen molar-refractivity contribution in [1.82, 2.24) is 0 Å². The number of carbonyl (C=O) groups excluding carboxylic acids is 1. The molecule has 4 heteroatoms. The summed E-state index contributed by atoms with van der Waals surface area (Å²) in [6.07, 6.45) is 0. The number of benzene rings is 2. The van der Waals surface area contributed by atoms with Crippen molar-refractivity contribution in [3.63, 3.8) is 0 Å². The van der Waals surface area contributed by atoms with Gasteiger partial charge in [-0.05, 0) is 64.8 Å². The fourth-order valence-corrected chi connectivity index (χ4v) is 2.06. The predicted molar refractivity (Wildman–Crippen MR) is 75.3 cm³/mol. The molecule has 0 aliphatic rings. The maximum atomic E-state index is 13.5. The van der Waals surface area contributed by atoms with Crippen LogP contribution in [0.25, 0.3) is 0 Å². The van der Waals surface area contributed by atoms with Crippen LogP contribution in [0.15, 0.2) is 40.9 Å². The third kappa shape index (κ3) is 2.84. The maximum absolute atomic E-state index is 13.5. The van der Waals surface area contributed by atoms with E-state index >= 15 is 0 Å². The first-order valence-electron chi connectivity index (χ1n) is 5.67. The summed E-state index contributed by atoms with van der Waals surface area (Å²) < 4.78 is 18.9. The Morgan fingerprint density at radius 2 is 1.95 bits per heavy atom. The Balaban J connectivity index is 2.41. The second-order valence-corrected chi connectivity index (χ2v) is 4.99. The fourth-order valence-electron chi connectivity index (χ4n) is 1.81. The van der Waals surface area contributed by atoms with Crippen LogP contribution in [-0.2, 0) is 0 Å². The van der Waals surface area contributed by atoms with Crippen LogP contribution in [0, 0.1) is 12.7 Å². The van der Waals surface area contributed by atoms with Gasteiger partial charge in [0.2, 0.25) is 0 Å². The van der Waals surface area contributed by atoms with E-state index in [1.54, 1.807) is 31.4 Å². The van der Waals surface area contributed by atoms with Crippen LogP contribution in [-0.4, -0.2) is 12.9 Å². The number of ether oxygens (including phenoxy) is 1. The Kier molecular flexibility index (Phi) is 4.00. The molecule has 0 aliphatic carbocycles. The van der Waals surface area contributed by atoms with Crippen molar-refractivity contribution in [1.29, 1.82) is 0 Å². The molecule has 19 heavy (non-hydrogen) atoms. The van der Waals surface area contributed by atoms with Gasteiger partial charge in [0.1, 0.15) is 11.6 Å². The van der Waals surface area contributed by atoms with Gasteiger partial charge in [0.05, 0.1) is 11.6 Å². The molecule has 2 aromatic rings. The lowest BCUT2D eigenvalue weighted by Crippen LogP contribution is -2.04. The van der Waals surface area contributed by atoms with Gasteiger partial charge in [-0.2, -0.15) is 0 Å². The molecule has 0 bridgehead atoms. The molecule has 2 rings (SSSR count). The van der Waals surface area contributed by atoms with Crippen LogP contribution in [0.1, 0.15) is 21.5 Å². The molecule has 0 aliphatic heterocycles. The number of ketones is 1. The Morgan fingerprint density at radius 3 is 2.53 bits per heavy atom. The lowest BCUT2D eigenvalue weighted by Gasteiger charge is -2.08. The van der Waals surface area contributed by atoms with Gasteiger partial charge in [-0.25, -0.2) is 4.39 Å². The lowest BCUT2D eigenvalue weighted by molar-refractivity contribution is 0.103. The molecule has 0 aromatic heterocycles. The summed E-state index contributed by atoms with van der Waals surface area (Å²) in [6, 6.07) is 9.55. The minimum atomic E-state index is -0.447. The molecule has 0 atom stereocenters. The van der Waals surface area contributed by atoms with Gasteiger partial charge in [0.15, 0.2) is 5.78 Å². The Bertz CT molecular complexity index is 638. The third-order valence-electron chi connectivity index (χ3n) is 2.86. The van der Waals surface area contributed by atoms with Gasteiger partial charge in [-0.3, -0.25) is 4.79 Å². The lowest BCUT2D eigenvalue weighted by atomic mass is 9.99. The van der Waals surface area contributed by atoms with Crippen molar-refractivity contribution in [2.45, 2.75) is 6.92 Å². The molecule has 0 saturated heterocycles. The standard InChI is InChI=1S/C15H12BrFO2/c1-9-7-11(19-2)4-5-12(9)15(18)10-3-6-13(16)14(17)8-10/h3-8H,1-2H3. The quantitative estimate of drug-likeness (QED) is 0.794. The summed E-state index contributed by atoms with van der Waals surface area (Å²) in [5.41, 5.74) is 1.67. The van der Waals surface area contributed by atoms with Gasteiger partial charge >= 0.3 is 0 Å². The van der Waals surface area contributed by atoms with Gasteiger partial charge in [-0.15, -0.1) is 0 Å². The summed E-state index contributed by atoms with van der Waals surface area (Å²) >= 11 is 3.07. The molecule has 2 nitrogen and oxygen atoms in total. The average molecular weight is 323 g/mol. The smallest absolute Gasteiger partial charge is 0.193 e. The van der Waals surface area contributed by atoms with Crippen molar-refractivity contribution in [2.75, 3.05) is 7.11 Å². The molecule has 98 valence electrons. The highest BCUT2D eigenvalue weighted by Gasteiger charge is 2.14. The average Bonchev–Trinajstić information content (AvgIpc) is 2.41. The summed E-state index contributed by atoms with van der Waals surface area (Å²) in [4.78, 5) is 12.3. The van der Waals surface area contributed by atoms with Gasteiger partial charge < -0.3 is 4.74 Å². The van der Waals surface area contributed by atoms with E-state index in [0.29, 0.717) is 21.3 Å². The van der Waals surface area contributed by atoms with Crippen molar-refractivity contribution in [3.05, 3.63) is 63.4 Å². The van der Waals surface area contributed by atoms with E-state index in [4.69, 9.17) is 4.74 Å². The molecule has 0 N–H and O–H groups in total. The minimum Gasteiger partial charge on any atom is -0.497 e. The Morgan fingerprint density at radius 1 is 1.21 bits per heavy atom. The van der Waals surface area contributed by atoms with Gasteiger partial charge in [0, 0.05) is 11.1 Å². The number of hydrogen-bond donors (Lipinski definition) is 0. The minimum absolute atomic E-state index is 0.202. The van der Waals surface area contributed by atoms with Crippen molar-refractivity contribution in [2.24, 2.45) is 0 Å². The summed E-state index contributed by atoms with van der Waals surface area (Å²) in [5.74, 6) is 0.0413. The zero-order valence-corrected chi connectivity index (χ0v) is 12.1. The number of halogens is 2.